The Morgan fingerprint density at radius 1 is 1.13 bits per heavy atom. The van der Waals surface area contributed by atoms with Crippen LogP contribution in [0.5, 0.6) is 6.01 Å². The van der Waals surface area contributed by atoms with Crippen LogP contribution in [0.2, 0.25) is 5.02 Å². The molecule has 11 heteroatoms. The average Bonchev–Trinajstić information content (AvgIpc) is 3.41. The molecular formula is C27H29ClF2N6OS. The van der Waals surface area contributed by atoms with Crippen molar-refractivity contribution in [2.45, 2.75) is 44.3 Å². The molecule has 1 unspecified atom stereocenters. The molecule has 0 aliphatic carbocycles. The number of nitrogens with zero attached hydrogens (tertiary/aromatic N) is 5. The molecule has 2 aromatic heterocycles. The van der Waals surface area contributed by atoms with Gasteiger partial charge in [0.25, 0.3) is 0 Å². The molecule has 200 valence electrons. The Hall–Kier alpha value is -2.82. The number of ether oxygens (including phenoxy) is 1. The van der Waals surface area contributed by atoms with Gasteiger partial charge in [-0.15, -0.1) is 0 Å². The van der Waals surface area contributed by atoms with Crippen molar-refractivity contribution in [3.05, 3.63) is 35.1 Å². The van der Waals surface area contributed by atoms with Crippen LogP contribution in [-0.4, -0.2) is 65.4 Å². The van der Waals surface area contributed by atoms with Crippen molar-refractivity contribution in [1.29, 1.82) is 0 Å². The van der Waals surface area contributed by atoms with Gasteiger partial charge in [0.15, 0.2) is 10.9 Å². The van der Waals surface area contributed by atoms with Crippen LogP contribution in [0, 0.1) is 5.82 Å². The summed E-state index contributed by atoms with van der Waals surface area (Å²) < 4.78 is 38.0. The van der Waals surface area contributed by atoms with Gasteiger partial charge in [-0.25, -0.2) is 13.8 Å². The van der Waals surface area contributed by atoms with Gasteiger partial charge in [0.2, 0.25) is 0 Å². The lowest BCUT2D eigenvalue weighted by atomic mass is 10.0. The number of benzene rings is 2. The molecule has 6 rings (SSSR count). The third-order valence-corrected chi connectivity index (χ3v) is 8.68. The van der Waals surface area contributed by atoms with Gasteiger partial charge >= 0.3 is 6.01 Å². The number of alkyl halides is 1. The largest absolute Gasteiger partial charge is 0.462 e. The molecule has 0 radical (unpaired) electrons. The minimum Gasteiger partial charge on any atom is -0.462 e. The number of likely N-dealkylation sites (tertiary alicyclic amines) is 1. The molecule has 0 bridgehead atoms. The van der Waals surface area contributed by atoms with Crippen LogP contribution in [-0.2, 0) is 0 Å². The molecule has 0 amide bonds. The third-order valence-electron chi connectivity index (χ3n) is 7.54. The first-order valence-electron chi connectivity index (χ1n) is 13.0. The van der Waals surface area contributed by atoms with Gasteiger partial charge < -0.3 is 20.3 Å². The lowest BCUT2D eigenvalue weighted by molar-refractivity contribution is 0.188. The van der Waals surface area contributed by atoms with Gasteiger partial charge in [-0.05, 0) is 57.8 Å². The van der Waals surface area contributed by atoms with Gasteiger partial charge in [-0.1, -0.05) is 35.1 Å². The van der Waals surface area contributed by atoms with E-state index in [0.717, 1.165) is 36.9 Å². The molecule has 0 saturated carbocycles. The number of para-hydroxylation sites is 1. The number of likely N-dealkylation sites (N-methyl/N-ethyl adjacent to an activating group) is 1. The van der Waals surface area contributed by atoms with E-state index in [9.17, 15) is 4.39 Å². The summed E-state index contributed by atoms with van der Waals surface area (Å²) in [7, 11) is 2.06. The monoisotopic (exact) mass is 558 g/mol. The zero-order valence-corrected chi connectivity index (χ0v) is 22.7. The zero-order valence-electron chi connectivity index (χ0n) is 21.1. The smallest absolute Gasteiger partial charge is 0.319 e. The minimum absolute atomic E-state index is 0.0794. The summed E-state index contributed by atoms with van der Waals surface area (Å²) >= 11 is 8.07. The van der Waals surface area contributed by atoms with Crippen molar-refractivity contribution in [3.63, 3.8) is 0 Å². The van der Waals surface area contributed by atoms with Crippen molar-refractivity contribution in [1.82, 2.24) is 19.9 Å². The average molecular weight is 559 g/mol. The Bertz CT molecular complexity index is 1500. The molecule has 7 nitrogen and oxygen atoms in total. The number of fused-ring (bicyclic) bond motifs is 2. The van der Waals surface area contributed by atoms with Gasteiger partial charge in [-0.2, -0.15) is 9.97 Å². The Kier molecular flexibility index (Phi) is 6.96. The zero-order chi connectivity index (χ0) is 26.4. The number of hydrogen-bond acceptors (Lipinski definition) is 8. The highest BCUT2D eigenvalue weighted by molar-refractivity contribution is 7.22. The van der Waals surface area contributed by atoms with E-state index in [4.69, 9.17) is 22.1 Å². The summed E-state index contributed by atoms with van der Waals surface area (Å²) in [6.45, 7) is 2.18. The first kappa shape index (κ1) is 25.5. The van der Waals surface area contributed by atoms with Gasteiger partial charge in [-0.3, -0.25) is 0 Å². The minimum atomic E-state index is -0.994. The molecule has 2 aromatic carbocycles. The molecule has 2 aliphatic rings. The fraction of sp³-hybridized carbons (Fsp3) is 0.444. The highest BCUT2D eigenvalue weighted by Gasteiger charge is 2.27. The summed E-state index contributed by atoms with van der Waals surface area (Å²) in [6, 6.07) is 7.48. The second-order valence-corrected chi connectivity index (χ2v) is 11.6. The van der Waals surface area contributed by atoms with Crippen LogP contribution in [0.4, 0.5) is 19.7 Å². The summed E-state index contributed by atoms with van der Waals surface area (Å²) in [5.41, 5.74) is 7.35. The molecule has 38 heavy (non-hydrogen) atoms. The second-order valence-electron chi connectivity index (χ2n) is 10.1. The van der Waals surface area contributed by atoms with Crippen LogP contribution in [0.1, 0.15) is 32.1 Å². The maximum absolute atomic E-state index is 16.5. The summed E-state index contributed by atoms with van der Waals surface area (Å²) in [5, 5.41) is 1.02. The standard InChI is InChI=1S/C27H29ClF2N6OS/c1-35-10-5-7-16(35)14-37-27-33-24-18(25(34-27)36-11-3-2-6-15(29)13-36)12-19(28)21(22(24)30)17-8-4-9-20-23(17)32-26(31)38-20/h4,8-9,12,15-16H,2-3,5-7,10-11,13-14H2,1H3,(H2,31,32)/t15?,16-/m0/s1. The van der Waals surface area contributed by atoms with Crippen molar-refractivity contribution < 1.29 is 13.5 Å². The molecule has 2 saturated heterocycles. The SMILES string of the molecule is CN1CCC[C@H]1COc1nc(N2CCCCC(F)C2)c2cc(Cl)c(-c3cccc4sc(N)nc34)c(F)c2n1. The van der Waals surface area contributed by atoms with E-state index >= 15 is 4.39 Å². The summed E-state index contributed by atoms with van der Waals surface area (Å²) in [6.07, 6.45) is 3.22. The quantitative estimate of drug-likeness (QED) is 0.318. The number of aromatic nitrogens is 3. The van der Waals surface area contributed by atoms with Gasteiger partial charge in [0.05, 0.1) is 21.8 Å². The third kappa shape index (κ3) is 4.74. The Morgan fingerprint density at radius 2 is 2.00 bits per heavy atom. The number of hydrogen-bond donors (Lipinski definition) is 1. The van der Waals surface area contributed by atoms with Crippen LogP contribution in [0.15, 0.2) is 24.3 Å². The Morgan fingerprint density at radius 3 is 2.82 bits per heavy atom. The van der Waals surface area contributed by atoms with E-state index in [1.807, 2.05) is 17.0 Å². The first-order chi connectivity index (χ1) is 18.4. The Balaban J connectivity index is 1.51. The maximum atomic E-state index is 16.5. The Labute approximate surface area is 228 Å². The van der Waals surface area contributed by atoms with Crippen molar-refractivity contribution >= 4 is 55.0 Å². The predicted octanol–water partition coefficient (Wildman–Crippen LogP) is 6.08. The molecule has 2 atom stereocenters. The maximum Gasteiger partial charge on any atom is 0.319 e. The number of nitrogen functional groups attached to an aromatic ring is 1. The topological polar surface area (TPSA) is 80.4 Å². The molecule has 0 spiro atoms. The van der Waals surface area contributed by atoms with Crippen LogP contribution in [0.25, 0.3) is 32.2 Å². The number of nitrogens with two attached hydrogens (primary N) is 1. The number of halogens is 3. The van der Waals surface area contributed by atoms with Gasteiger partial charge in [0, 0.05) is 29.1 Å². The molecule has 2 N–H and O–H groups in total. The predicted molar refractivity (Wildman–Crippen MR) is 150 cm³/mol. The van der Waals surface area contributed by atoms with E-state index < -0.39 is 12.0 Å². The molecular weight excluding hydrogens is 530 g/mol. The second kappa shape index (κ2) is 10.4. The summed E-state index contributed by atoms with van der Waals surface area (Å²) in [4.78, 5) is 17.7. The molecule has 2 fully saturated rings. The van der Waals surface area contributed by atoms with E-state index in [-0.39, 0.29) is 34.7 Å². The molecule has 2 aliphatic heterocycles. The lowest BCUT2D eigenvalue weighted by Crippen LogP contribution is -2.32. The summed E-state index contributed by atoms with van der Waals surface area (Å²) in [5.74, 6) is -0.150. The van der Waals surface area contributed by atoms with Gasteiger partial charge in [0.1, 0.15) is 24.1 Å². The highest BCUT2D eigenvalue weighted by atomic mass is 35.5. The molecule has 4 heterocycles. The van der Waals surface area contributed by atoms with E-state index in [1.54, 1.807) is 12.1 Å². The van der Waals surface area contributed by atoms with Crippen molar-refractivity contribution in [2.75, 3.05) is 43.9 Å². The molecule has 4 aromatic rings. The van der Waals surface area contributed by atoms with E-state index in [2.05, 4.69) is 26.9 Å². The van der Waals surface area contributed by atoms with Crippen LogP contribution in [0.3, 0.4) is 0 Å². The van der Waals surface area contributed by atoms with E-state index in [1.165, 1.54) is 11.3 Å². The number of anilines is 2. The van der Waals surface area contributed by atoms with Crippen molar-refractivity contribution in [2.24, 2.45) is 0 Å². The highest BCUT2D eigenvalue weighted by Crippen LogP contribution is 2.42. The fourth-order valence-corrected chi connectivity index (χ4v) is 6.58. The fourth-order valence-electron chi connectivity index (χ4n) is 5.52. The van der Waals surface area contributed by atoms with Crippen LogP contribution >= 0.6 is 22.9 Å². The number of rotatable bonds is 5. The normalized spacial score (nSPS) is 20.9. The number of thiazole rings is 1. The van der Waals surface area contributed by atoms with Crippen molar-refractivity contribution in [3.8, 4) is 17.1 Å². The first-order valence-corrected chi connectivity index (χ1v) is 14.2. The van der Waals surface area contributed by atoms with Crippen LogP contribution < -0.4 is 15.4 Å². The lowest BCUT2D eigenvalue weighted by Gasteiger charge is -2.25. The van der Waals surface area contributed by atoms with E-state index in [0.29, 0.717) is 47.0 Å².